The number of ether oxygens (including phenoxy) is 2. The molecule has 13 nitrogen and oxygen atoms in total. The minimum absolute atomic E-state index is 0.248. The Hall–Kier alpha value is -1.20. The van der Waals surface area contributed by atoms with Crippen LogP contribution in [0.15, 0.2) is 12.2 Å². The van der Waals surface area contributed by atoms with Gasteiger partial charge in [-0.1, -0.05) is 206 Å². The number of unbranched alkanes of at least 4 members (excludes halogenated alkanes) is 28. The molecule has 0 spiro atoms. The average molecular weight is 880 g/mol. The molecule has 0 saturated carbocycles. The Morgan fingerprint density at radius 1 is 0.667 bits per heavy atom. The Kier molecular flexibility index (Phi) is 35.2. The van der Waals surface area contributed by atoms with Gasteiger partial charge in [0.1, 0.15) is 30.5 Å². The van der Waals surface area contributed by atoms with Crippen LogP contribution in [0.3, 0.4) is 0 Å². The molecule has 8 atom stereocenters. The molecule has 0 aromatic rings. The van der Waals surface area contributed by atoms with Crippen molar-refractivity contribution >= 4 is 16.3 Å². The maximum absolute atomic E-state index is 13.1. The molecule has 8 unspecified atom stereocenters. The van der Waals surface area contributed by atoms with Crippen LogP contribution >= 0.6 is 0 Å². The first-order valence-electron chi connectivity index (χ1n) is 24.2. The van der Waals surface area contributed by atoms with E-state index >= 15 is 0 Å². The molecular formula is C46H89NO12S. The molecule has 1 amide bonds. The monoisotopic (exact) mass is 880 g/mol. The first-order chi connectivity index (χ1) is 28.9. The first kappa shape index (κ1) is 56.8. The molecular weight excluding hydrogens is 791 g/mol. The zero-order chi connectivity index (χ0) is 44.3. The lowest BCUT2D eigenvalue weighted by atomic mass is 9.99. The highest BCUT2D eigenvalue weighted by atomic mass is 32.3. The maximum Gasteiger partial charge on any atom is 0.397 e. The highest BCUT2D eigenvalue weighted by Gasteiger charge is 2.48. The molecule has 0 aliphatic carbocycles. The van der Waals surface area contributed by atoms with Gasteiger partial charge in [0.15, 0.2) is 6.29 Å². The van der Waals surface area contributed by atoms with Crippen LogP contribution in [-0.4, -0.2) is 107 Å². The predicted octanol–water partition coefficient (Wildman–Crippen LogP) is 8.53. The van der Waals surface area contributed by atoms with Gasteiger partial charge in [0.05, 0.1) is 25.4 Å². The second-order valence-corrected chi connectivity index (χ2v) is 18.2. The third kappa shape index (κ3) is 29.2. The van der Waals surface area contributed by atoms with E-state index in [0.717, 1.165) is 38.5 Å². The van der Waals surface area contributed by atoms with E-state index in [1.165, 1.54) is 147 Å². The zero-order valence-corrected chi connectivity index (χ0v) is 38.5. The third-order valence-corrected chi connectivity index (χ3v) is 12.1. The number of carbonyl (C=O) groups excluding carboxylic acids is 1. The van der Waals surface area contributed by atoms with Crippen LogP contribution in [0.25, 0.3) is 0 Å². The fourth-order valence-electron chi connectivity index (χ4n) is 7.81. The summed E-state index contributed by atoms with van der Waals surface area (Å²) in [4.78, 5) is 13.1. The molecule has 1 saturated heterocycles. The molecule has 7 N–H and O–H groups in total. The van der Waals surface area contributed by atoms with Crippen molar-refractivity contribution in [2.24, 2.45) is 0 Å². The lowest BCUT2D eigenvalue weighted by molar-refractivity contribution is -0.298. The number of aliphatic hydroxyl groups is 5. The summed E-state index contributed by atoms with van der Waals surface area (Å²) in [5.74, 6) is -0.701. The Labute approximate surface area is 364 Å². The van der Waals surface area contributed by atoms with Crippen LogP contribution in [-0.2, 0) is 28.9 Å². The van der Waals surface area contributed by atoms with E-state index in [0.29, 0.717) is 12.8 Å². The van der Waals surface area contributed by atoms with Crippen LogP contribution in [0.5, 0.6) is 0 Å². The SMILES string of the molecule is CCCCCCCCC/C=C/C(O)C(COC1OC(CO)C(O)C(OS(=O)(=O)O)C1O)NC(=O)C(O)CCCCCCCCCCCCCCCCCCCCCCCC. The van der Waals surface area contributed by atoms with Crippen LogP contribution < -0.4 is 5.32 Å². The molecule has 0 aromatic carbocycles. The minimum Gasteiger partial charge on any atom is -0.394 e. The van der Waals surface area contributed by atoms with Crippen molar-refractivity contribution in [2.45, 2.75) is 262 Å². The molecule has 356 valence electrons. The van der Waals surface area contributed by atoms with Gasteiger partial charge >= 0.3 is 10.4 Å². The molecule has 1 fully saturated rings. The van der Waals surface area contributed by atoms with Gasteiger partial charge in [0.2, 0.25) is 5.91 Å². The lowest BCUT2D eigenvalue weighted by Crippen LogP contribution is -2.61. The van der Waals surface area contributed by atoms with E-state index in [9.17, 15) is 38.7 Å². The number of rotatable bonds is 41. The molecule has 0 bridgehead atoms. The summed E-state index contributed by atoms with van der Waals surface area (Å²) in [5, 5.41) is 55.1. The van der Waals surface area contributed by atoms with Gasteiger partial charge in [-0.05, 0) is 19.3 Å². The summed E-state index contributed by atoms with van der Waals surface area (Å²) in [5.41, 5.74) is 0. The molecule has 1 heterocycles. The Morgan fingerprint density at radius 2 is 1.08 bits per heavy atom. The number of nitrogens with one attached hydrogen (secondary N) is 1. The largest absolute Gasteiger partial charge is 0.397 e. The van der Waals surface area contributed by atoms with Gasteiger partial charge in [-0.25, -0.2) is 4.18 Å². The van der Waals surface area contributed by atoms with E-state index in [2.05, 4.69) is 23.3 Å². The maximum atomic E-state index is 13.1. The van der Waals surface area contributed by atoms with Crippen LogP contribution in [0.4, 0.5) is 0 Å². The van der Waals surface area contributed by atoms with E-state index in [1.807, 2.05) is 6.08 Å². The summed E-state index contributed by atoms with van der Waals surface area (Å²) in [7, 11) is -5.11. The molecule has 1 aliphatic rings. The zero-order valence-electron chi connectivity index (χ0n) is 37.6. The average Bonchev–Trinajstić information content (AvgIpc) is 3.22. The third-order valence-electron chi connectivity index (χ3n) is 11.7. The number of allylic oxidation sites excluding steroid dienone is 1. The topological polar surface area (TPSA) is 212 Å². The molecule has 60 heavy (non-hydrogen) atoms. The first-order valence-corrected chi connectivity index (χ1v) is 25.5. The minimum atomic E-state index is -5.11. The number of amides is 1. The van der Waals surface area contributed by atoms with E-state index in [1.54, 1.807) is 0 Å². The molecule has 0 aromatic heterocycles. The summed E-state index contributed by atoms with van der Waals surface area (Å²) in [6, 6.07) is -1.11. The molecule has 0 radical (unpaired) electrons. The van der Waals surface area contributed by atoms with Crippen molar-refractivity contribution in [1.82, 2.24) is 5.32 Å². The number of carbonyl (C=O) groups is 1. The Morgan fingerprint density at radius 3 is 1.50 bits per heavy atom. The normalized spacial score (nSPS) is 21.4. The van der Waals surface area contributed by atoms with Crippen molar-refractivity contribution in [3.63, 3.8) is 0 Å². The van der Waals surface area contributed by atoms with Crippen LogP contribution in [0.1, 0.15) is 213 Å². The summed E-state index contributed by atoms with van der Waals surface area (Å²) in [6.07, 6.45) is 28.9. The van der Waals surface area contributed by atoms with E-state index in [4.69, 9.17) is 14.0 Å². The van der Waals surface area contributed by atoms with Gasteiger partial charge in [-0.2, -0.15) is 8.42 Å². The number of aliphatic hydroxyl groups excluding tert-OH is 5. The fraction of sp³-hybridized carbons (Fsp3) is 0.935. The van der Waals surface area contributed by atoms with Crippen molar-refractivity contribution < 1.29 is 57.0 Å². The summed E-state index contributed by atoms with van der Waals surface area (Å²) < 4.78 is 47.4. The number of hydrogen-bond donors (Lipinski definition) is 7. The van der Waals surface area contributed by atoms with Gasteiger partial charge < -0.3 is 40.3 Å². The molecule has 1 aliphatic heterocycles. The van der Waals surface area contributed by atoms with Crippen molar-refractivity contribution in [3.05, 3.63) is 12.2 Å². The lowest BCUT2D eigenvalue weighted by Gasteiger charge is -2.41. The summed E-state index contributed by atoms with van der Waals surface area (Å²) in [6.45, 7) is 3.19. The van der Waals surface area contributed by atoms with Gasteiger partial charge in [0.25, 0.3) is 0 Å². The van der Waals surface area contributed by atoms with Gasteiger partial charge in [-0.15, -0.1) is 0 Å². The Balaban J connectivity index is 2.42. The quantitative estimate of drug-likeness (QED) is 0.0175. The van der Waals surface area contributed by atoms with E-state index in [-0.39, 0.29) is 6.42 Å². The second-order valence-electron chi connectivity index (χ2n) is 17.2. The predicted molar refractivity (Wildman–Crippen MR) is 238 cm³/mol. The smallest absolute Gasteiger partial charge is 0.394 e. The molecule has 1 rings (SSSR count). The molecule has 14 heteroatoms. The van der Waals surface area contributed by atoms with Crippen LogP contribution in [0, 0.1) is 0 Å². The second kappa shape index (κ2) is 37.2. The van der Waals surface area contributed by atoms with E-state index < -0.39 is 78.5 Å². The Bertz CT molecular complexity index is 1140. The number of hydrogen-bond acceptors (Lipinski definition) is 11. The van der Waals surface area contributed by atoms with Gasteiger partial charge in [-0.3, -0.25) is 9.35 Å². The highest BCUT2D eigenvalue weighted by Crippen LogP contribution is 2.26. The van der Waals surface area contributed by atoms with Gasteiger partial charge in [0, 0.05) is 0 Å². The van der Waals surface area contributed by atoms with Crippen molar-refractivity contribution in [3.8, 4) is 0 Å². The summed E-state index contributed by atoms with van der Waals surface area (Å²) >= 11 is 0. The standard InChI is InChI=1S/C46H89NO12S/c1-3-5-7-9-11-13-14-15-16-17-18-19-20-21-22-23-24-25-27-29-31-33-35-40(50)45(53)47-38(39(49)34-32-30-28-26-12-10-8-6-4-2)37-57-46-43(52)44(59-60(54,55)56)42(51)41(36-48)58-46/h32,34,38-44,46,48-52H,3-31,33,35-37H2,1-2H3,(H,47,53)(H,54,55,56)/b34-32+. The van der Waals surface area contributed by atoms with Crippen LogP contribution in [0.2, 0.25) is 0 Å². The van der Waals surface area contributed by atoms with Crippen molar-refractivity contribution in [2.75, 3.05) is 13.2 Å². The fourth-order valence-corrected chi connectivity index (χ4v) is 8.32. The van der Waals surface area contributed by atoms with Crippen molar-refractivity contribution in [1.29, 1.82) is 0 Å². The highest BCUT2D eigenvalue weighted by molar-refractivity contribution is 7.80.